The molecule has 0 aliphatic carbocycles. The molecular formula is C19H26ClN3O2. The molecule has 1 aliphatic rings. The van der Waals surface area contributed by atoms with Gasteiger partial charge < -0.3 is 14.8 Å². The van der Waals surface area contributed by atoms with E-state index in [0.717, 1.165) is 42.9 Å². The summed E-state index contributed by atoms with van der Waals surface area (Å²) >= 11 is 6.36. The number of ether oxygens (including phenoxy) is 1. The predicted molar refractivity (Wildman–Crippen MR) is 98.6 cm³/mol. The third-order valence-electron chi connectivity index (χ3n) is 4.68. The summed E-state index contributed by atoms with van der Waals surface area (Å²) in [5, 5.41) is 10.3. The average Bonchev–Trinajstić information content (AvgIpc) is 3.00. The second-order valence-corrected chi connectivity index (χ2v) is 6.83. The summed E-state index contributed by atoms with van der Waals surface area (Å²) in [6.45, 7) is 4.21. The summed E-state index contributed by atoms with van der Waals surface area (Å²) in [7, 11) is 0. The van der Waals surface area contributed by atoms with Gasteiger partial charge in [-0.1, -0.05) is 55.3 Å². The molecule has 1 aliphatic heterocycles. The normalized spacial score (nSPS) is 21.6. The molecular weight excluding hydrogens is 338 g/mol. The number of nitrogens with zero attached hydrogens (tertiary/aromatic N) is 2. The Morgan fingerprint density at radius 1 is 1.36 bits per heavy atom. The van der Waals surface area contributed by atoms with Crippen LogP contribution in [0.2, 0.25) is 5.15 Å². The number of halogens is 1. The van der Waals surface area contributed by atoms with Crippen LogP contribution in [0.15, 0.2) is 30.3 Å². The molecule has 6 heteroatoms. The van der Waals surface area contributed by atoms with Crippen molar-refractivity contribution in [3.05, 3.63) is 52.6 Å². The smallest absolute Gasteiger partial charge is 0.151 e. The Hall–Kier alpha value is -1.40. The zero-order valence-electron chi connectivity index (χ0n) is 14.6. The van der Waals surface area contributed by atoms with Gasteiger partial charge in [0.1, 0.15) is 11.9 Å². The number of hydrogen-bond acceptors (Lipinski definition) is 4. The van der Waals surface area contributed by atoms with E-state index in [2.05, 4.69) is 33.9 Å². The highest BCUT2D eigenvalue weighted by atomic mass is 35.5. The fourth-order valence-electron chi connectivity index (χ4n) is 3.40. The standard InChI is InChI=1S/C19H26ClN3O2/c1-2-3-9-17-21-15(19(20)22-17)12-23-10-11-25-16(13-24)18(23)14-7-5-4-6-8-14/h4-8,16,18,24H,2-3,9-13H2,1H3,(H,21,22)/t16-,18-/m0/s1. The van der Waals surface area contributed by atoms with Crippen molar-refractivity contribution in [3.63, 3.8) is 0 Å². The summed E-state index contributed by atoms with van der Waals surface area (Å²) < 4.78 is 5.80. The average molecular weight is 364 g/mol. The van der Waals surface area contributed by atoms with Crippen LogP contribution in [0.3, 0.4) is 0 Å². The second-order valence-electron chi connectivity index (χ2n) is 6.47. The fraction of sp³-hybridized carbons (Fsp3) is 0.526. The van der Waals surface area contributed by atoms with Crippen molar-refractivity contribution in [2.24, 2.45) is 0 Å². The van der Waals surface area contributed by atoms with Crippen LogP contribution in [0.5, 0.6) is 0 Å². The van der Waals surface area contributed by atoms with E-state index in [9.17, 15) is 5.11 Å². The number of morpholine rings is 1. The summed E-state index contributed by atoms with van der Waals surface area (Å²) in [6, 6.07) is 10.2. The van der Waals surface area contributed by atoms with Crippen molar-refractivity contribution in [3.8, 4) is 0 Å². The topological polar surface area (TPSA) is 61.4 Å². The Morgan fingerprint density at radius 2 is 2.16 bits per heavy atom. The maximum Gasteiger partial charge on any atom is 0.151 e. The van der Waals surface area contributed by atoms with E-state index in [1.165, 1.54) is 0 Å². The van der Waals surface area contributed by atoms with Crippen LogP contribution in [0.4, 0.5) is 0 Å². The molecule has 3 rings (SSSR count). The molecule has 1 fully saturated rings. The van der Waals surface area contributed by atoms with Crippen molar-refractivity contribution in [1.82, 2.24) is 14.9 Å². The van der Waals surface area contributed by atoms with Gasteiger partial charge in [-0.15, -0.1) is 0 Å². The number of unbranched alkanes of at least 4 members (excludes halogenated alkanes) is 1. The van der Waals surface area contributed by atoms with Gasteiger partial charge in [0, 0.05) is 19.5 Å². The fourth-order valence-corrected chi connectivity index (χ4v) is 3.61. The Bertz CT molecular complexity index is 662. The van der Waals surface area contributed by atoms with E-state index in [4.69, 9.17) is 16.3 Å². The molecule has 2 atom stereocenters. The molecule has 0 radical (unpaired) electrons. The van der Waals surface area contributed by atoms with E-state index >= 15 is 0 Å². The van der Waals surface area contributed by atoms with E-state index in [1.807, 2.05) is 18.2 Å². The molecule has 2 aromatic rings. The minimum absolute atomic E-state index is 0.00147. The number of aryl methyl sites for hydroxylation is 1. The third kappa shape index (κ3) is 4.42. The van der Waals surface area contributed by atoms with Crippen molar-refractivity contribution >= 4 is 11.6 Å². The number of aliphatic hydroxyl groups is 1. The minimum atomic E-state index is -0.239. The minimum Gasteiger partial charge on any atom is -0.394 e. The number of aliphatic hydroxyl groups excluding tert-OH is 1. The van der Waals surface area contributed by atoms with E-state index in [0.29, 0.717) is 18.3 Å². The number of hydrogen-bond donors (Lipinski definition) is 2. The zero-order valence-corrected chi connectivity index (χ0v) is 15.4. The largest absolute Gasteiger partial charge is 0.394 e. The molecule has 0 bridgehead atoms. The molecule has 1 aromatic carbocycles. The van der Waals surface area contributed by atoms with Crippen molar-refractivity contribution in [2.45, 2.75) is 44.9 Å². The van der Waals surface area contributed by atoms with Gasteiger partial charge in [-0.2, -0.15) is 0 Å². The van der Waals surface area contributed by atoms with Gasteiger partial charge in [0.05, 0.1) is 24.9 Å². The lowest BCUT2D eigenvalue weighted by Crippen LogP contribution is -2.46. The van der Waals surface area contributed by atoms with Gasteiger partial charge in [-0.25, -0.2) is 4.98 Å². The number of rotatable bonds is 7. The first-order chi connectivity index (χ1) is 12.2. The Balaban J connectivity index is 1.80. The number of aromatic amines is 1. The SMILES string of the molecule is CCCCc1nc(Cl)c(CN2CCO[C@@H](CO)[C@@H]2c2ccccc2)[nH]1. The van der Waals surface area contributed by atoms with Crippen molar-refractivity contribution in [2.75, 3.05) is 19.8 Å². The van der Waals surface area contributed by atoms with Crippen LogP contribution in [0, 0.1) is 0 Å². The van der Waals surface area contributed by atoms with Crippen LogP contribution in [0.1, 0.15) is 42.9 Å². The van der Waals surface area contributed by atoms with Crippen LogP contribution in [-0.4, -0.2) is 45.8 Å². The summed E-state index contributed by atoms with van der Waals surface area (Å²) in [6.07, 6.45) is 2.91. The summed E-state index contributed by atoms with van der Waals surface area (Å²) in [4.78, 5) is 10.1. The van der Waals surface area contributed by atoms with Crippen molar-refractivity contribution < 1.29 is 9.84 Å². The lowest BCUT2D eigenvalue weighted by atomic mass is 9.98. The van der Waals surface area contributed by atoms with Gasteiger partial charge in [0.15, 0.2) is 5.15 Å². The Labute approximate surface area is 154 Å². The zero-order chi connectivity index (χ0) is 17.6. The lowest BCUT2D eigenvalue weighted by Gasteiger charge is -2.40. The molecule has 1 aromatic heterocycles. The van der Waals surface area contributed by atoms with Crippen LogP contribution in [-0.2, 0) is 17.7 Å². The second kappa shape index (κ2) is 8.81. The molecule has 2 N–H and O–H groups in total. The van der Waals surface area contributed by atoms with Crippen LogP contribution >= 0.6 is 11.6 Å². The first-order valence-electron chi connectivity index (χ1n) is 8.97. The van der Waals surface area contributed by atoms with E-state index in [-0.39, 0.29) is 18.8 Å². The van der Waals surface area contributed by atoms with Gasteiger partial charge in [0.25, 0.3) is 0 Å². The van der Waals surface area contributed by atoms with Crippen molar-refractivity contribution in [1.29, 1.82) is 0 Å². The molecule has 0 saturated carbocycles. The maximum atomic E-state index is 9.76. The number of aromatic nitrogens is 2. The number of benzene rings is 1. The molecule has 25 heavy (non-hydrogen) atoms. The molecule has 0 spiro atoms. The monoisotopic (exact) mass is 363 g/mol. The van der Waals surface area contributed by atoms with Gasteiger partial charge >= 0.3 is 0 Å². The quantitative estimate of drug-likeness (QED) is 0.792. The van der Waals surface area contributed by atoms with E-state index < -0.39 is 0 Å². The highest BCUT2D eigenvalue weighted by Gasteiger charge is 2.33. The predicted octanol–water partition coefficient (Wildman–Crippen LogP) is 3.34. The third-order valence-corrected chi connectivity index (χ3v) is 5.00. The maximum absolute atomic E-state index is 9.76. The van der Waals surface area contributed by atoms with Gasteiger partial charge in [-0.3, -0.25) is 4.90 Å². The van der Waals surface area contributed by atoms with Gasteiger partial charge in [-0.05, 0) is 12.0 Å². The van der Waals surface area contributed by atoms with Gasteiger partial charge in [0.2, 0.25) is 0 Å². The first-order valence-corrected chi connectivity index (χ1v) is 9.35. The van der Waals surface area contributed by atoms with Crippen LogP contribution < -0.4 is 0 Å². The Morgan fingerprint density at radius 3 is 2.88 bits per heavy atom. The molecule has 2 heterocycles. The van der Waals surface area contributed by atoms with Crippen LogP contribution in [0.25, 0.3) is 0 Å². The molecule has 0 amide bonds. The molecule has 1 saturated heterocycles. The number of imidazole rings is 1. The summed E-state index contributed by atoms with van der Waals surface area (Å²) in [5.74, 6) is 0.949. The molecule has 136 valence electrons. The van der Waals surface area contributed by atoms with E-state index in [1.54, 1.807) is 0 Å². The first kappa shape index (κ1) is 18.4. The Kier molecular flexibility index (Phi) is 6.48. The lowest BCUT2D eigenvalue weighted by molar-refractivity contribution is -0.0963. The number of H-pyrrole nitrogens is 1. The molecule has 5 nitrogen and oxygen atoms in total. The highest BCUT2D eigenvalue weighted by molar-refractivity contribution is 6.30. The summed E-state index contributed by atoms with van der Waals surface area (Å²) in [5.41, 5.74) is 2.08. The number of nitrogens with one attached hydrogen (secondary N) is 1. The molecule has 0 unspecified atom stereocenters. The highest BCUT2D eigenvalue weighted by Crippen LogP contribution is 2.31.